The fourth-order valence-corrected chi connectivity index (χ4v) is 5.86. The van der Waals surface area contributed by atoms with Crippen molar-refractivity contribution >= 4 is 34.4 Å². The van der Waals surface area contributed by atoms with Crippen LogP contribution in [-0.2, 0) is 16.8 Å². The summed E-state index contributed by atoms with van der Waals surface area (Å²) >= 11 is 0. The van der Waals surface area contributed by atoms with Gasteiger partial charge in [-0.15, -0.1) is 0 Å². The first-order valence-corrected chi connectivity index (χ1v) is 13.1. The Morgan fingerprint density at radius 1 is 1.08 bits per heavy atom. The lowest BCUT2D eigenvalue weighted by molar-refractivity contribution is -0.125. The molecule has 0 radical (unpaired) electrons. The van der Waals surface area contributed by atoms with Gasteiger partial charge in [-0.05, 0) is 60.7 Å². The highest BCUT2D eigenvalue weighted by Gasteiger charge is 2.59. The van der Waals surface area contributed by atoms with E-state index in [1.807, 2.05) is 55.5 Å². The van der Waals surface area contributed by atoms with Crippen LogP contribution in [0.15, 0.2) is 72.8 Å². The number of nitrogens with one attached hydrogen (secondary N) is 2. The van der Waals surface area contributed by atoms with Gasteiger partial charge in [0, 0.05) is 24.0 Å². The third kappa shape index (κ3) is 3.78. The standard InChI is InChI=1S/C31H30N4O4/c1-19(20-9-5-4-6-10-20)18-32-28(36)23-11-7-8-12-26(23)35-29(37)31(2)27-22(15-16-34(31)30(35)38)24-17-21(39-3)13-14-25(24)33-27/h4-14,17,19,33H,15-16,18H2,1-3H3,(H,32,36). The van der Waals surface area contributed by atoms with Crippen molar-refractivity contribution in [2.24, 2.45) is 0 Å². The largest absolute Gasteiger partial charge is 0.497 e. The molecule has 0 saturated carbocycles. The third-order valence-corrected chi connectivity index (χ3v) is 8.09. The number of nitrogens with zero attached hydrogens (tertiary/aromatic N) is 2. The van der Waals surface area contributed by atoms with Crippen molar-refractivity contribution in [3.8, 4) is 5.75 Å². The molecule has 0 bridgehead atoms. The number of ether oxygens (including phenoxy) is 1. The maximum atomic E-state index is 14.1. The van der Waals surface area contributed by atoms with Gasteiger partial charge in [-0.2, -0.15) is 0 Å². The number of hydrogen-bond acceptors (Lipinski definition) is 4. The first-order chi connectivity index (χ1) is 18.8. The highest BCUT2D eigenvalue weighted by Crippen LogP contribution is 2.46. The summed E-state index contributed by atoms with van der Waals surface area (Å²) in [6.07, 6.45) is 0.602. The highest BCUT2D eigenvalue weighted by molar-refractivity contribution is 6.25. The number of amides is 4. The molecule has 3 aromatic carbocycles. The molecule has 3 heterocycles. The van der Waals surface area contributed by atoms with Crippen molar-refractivity contribution in [3.05, 3.63) is 95.2 Å². The average Bonchev–Trinajstić information content (AvgIpc) is 3.44. The molecule has 1 aromatic heterocycles. The molecule has 2 atom stereocenters. The Labute approximate surface area is 226 Å². The van der Waals surface area contributed by atoms with Crippen LogP contribution >= 0.6 is 0 Å². The molecule has 198 valence electrons. The van der Waals surface area contributed by atoms with Crippen molar-refractivity contribution < 1.29 is 19.1 Å². The van der Waals surface area contributed by atoms with Gasteiger partial charge in [-0.3, -0.25) is 9.59 Å². The van der Waals surface area contributed by atoms with Gasteiger partial charge in [-0.1, -0.05) is 49.4 Å². The summed E-state index contributed by atoms with van der Waals surface area (Å²) in [7, 11) is 1.62. The van der Waals surface area contributed by atoms with Gasteiger partial charge in [0.2, 0.25) is 0 Å². The molecule has 4 aromatic rings. The van der Waals surface area contributed by atoms with Crippen LogP contribution in [0, 0.1) is 0 Å². The number of aromatic nitrogens is 1. The number of carbonyl (C=O) groups excluding carboxylic acids is 3. The number of para-hydroxylation sites is 1. The number of anilines is 1. The molecule has 2 unspecified atom stereocenters. The number of methoxy groups -OCH3 is 1. The Morgan fingerprint density at radius 3 is 2.59 bits per heavy atom. The Bertz CT molecular complexity index is 1610. The molecule has 8 nitrogen and oxygen atoms in total. The summed E-state index contributed by atoms with van der Waals surface area (Å²) in [6.45, 7) is 4.63. The normalized spacial score (nSPS) is 19.2. The van der Waals surface area contributed by atoms with Gasteiger partial charge >= 0.3 is 6.03 Å². The van der Waals surface area contributed by atoms with Crippen LogP contribution in [0.3, 0.4) is 0 Å². The summed E-state index contributed by atoms with van der Waals surface area (Å²) in [5.41, 5.74) is 3.06. The van der Waals surface area contributed by atoms with E-state index < -0.39 is 11.6 Å². The molecule has 0 spiro atoms. The van der Waals surface area contributed by atoms with Gasteiger partial charge in [0.15, 0.2) is 5.54 Å². The van der Waals surface area contributed by atoms with Gasteiger partial charge in [0.1, 0.15) is 5.75 Å². The SMILES string of the molecule is COc1ccc2[nH]c3c(c2c1)CCN1C(=O)N(c2ccccc2C(=O)NCC(C)c2ccccc2)C(=O)C31C. The fourth-order valence-electron chi connectivity index (χ4n) is 5.86. The summed E-state index contributed by atoms with van der Waals surface area (Å²) in [5, 5.41) is 3.97. The fraction of sp³-hybridized carbons (Fsp3) is 0.258. The summed E-state index contributed by atoms with van der Waals surface area (Å²) in [4.78, 5) is 47.5. The zero-order valence-corrected chi connectivity index (χ0v) is 22.2. The maximum absolute atomic E-state index is 14.1. The average molecular weight is 523 g/mol. The van der Waals surface area contributed by atoms with Gasteiger partial charge in [0.25, 0.3) is 11.8 Å². The highest BCUT2D eigenvalue weighted by atomic mass is 16.5. The monoisotopic (exact) mass is 522 g/mol. The Hall–Kier alpha value is -4.59. The van der Waals surface area contributed by atoms with E-state index in [9.17, 15) is 14.4 Å². The van der Waals surface area contributed by atoms with Gasteiger partial charge in [0.05, 0.1) is 24.1 Å². The van der Waals surface area contributed by atoms with Crippen LogP contribution in [0.4, 0.5) is 10.5 Å². The summed E-state index contributed by atoms with van der Waals surface area (Å²) < 4.78 is 5.41. The zero-order valence-electron chi connectivity index (χ0n) is 22.2. The van der Waals surface area contributed by atoms with Gasteiger partial charge in [-0.25, -0.2) is 9.69 Å². The Balaban J connectivity index is 1.33. The number of urea groups is 1. The van der Waals surface area contributed by atoms with Crippen LogP contribution in [-0.4, -0.2) is 47.9 Å². The predicted octanol–water partition coefficient (Wildman–Crippen LogP) is 4.95. The minimum Gasteiger partial charge on any atom is -0.497 e. The molecule has 2 aliphatic rings. The van der Waals surface area contributed by atoms with Crippen LogP contribution in [0.2, 0.25) is 0 Å². The molecule has 0 aliphatic carbocycles. The van der Waals surface area contributed by atoms with E-state index in [-0.39, 0.29) is 29.0 Å². The number of fused-ring (bicyclic) bond motifs is 5. The maximum Gasteiger partial charge on any atom is 0.332 e. The molecular weight excluding hydrogens is 492 g/mol. The van der Waals surface area contributed by atoms with Crippen molar-refractivity contribution in [1.82, 2.24) is 15.2 Å². The second-order valence-electron chi connectivity index (χ2n) is 10.3. The minimum atomic E-state index is -1.22. The lowest BCUT2D eigenvalue weighted by atomic mass is 9.87. The van der Waals surface area contributed by atoms with Crippen molar-refractivity contribution in [3.63, 3.8) is 0 Å². The molecule has 4 amide bonds. The van der Waals surface area contributed by atoms with Crippen LogP contribution < -0.4 is 15.0 Å². The van der Waals surface area contributed by atoms with E-state index in [2.05, 4.69) is 10.3 Å². The Kier molecular flexibility index (Phi) is 5.90. The quantitative estimate of drug-likeness (QED) is 0.351. The van der Waals surface area contributed by atoms with E-state index in [1.165, 1.54) is 0 Å². The van der Waals surface area contributed by atoms with E-state index in [1.54, 1.807) is 43.2 Å². The topological polar surface area (TPSA) is 94.7 Å². The first kappa shape index (κ1) is 24.7. The van der Waals surface area contributed by atoms with E-state index >= 15 is 0 Å². The predicted molar refractivity (Wildman–Crippen MR) is 149 cm³/mol. The molecule has 1 fully saturated rings. The van der Waals surface area contributed by atoms with Crippen LogP contribution in [0.5, 0.6) is 5.75 Å². The first-order valence-electron chi connectivity index (χ1n) is 13.1. The number of carbonyl (C=O) groups is 3. The van der Waals surface area contributed by atoms with Crippen molar-refractivity contribution in [2.75, 3.05) is 25.1 Å². The number of aromatic amines is 1. The molecule has 6 rings (SSSR count). The molecule has 2 aliphatic heterocycles. The number of benzene rings is 3. The molecular formula is C31H30N4O4. The van der Waals surface area contributed by atoms with E-state index in [4.69, 9.17) is 4.74 Å². The van der Waals surface area contributed by atoms with Crippen molar-refractivity contribution in [1.29, 1.82) is 0 Å². The minimum absolute atomic E-state index is 0.101. The summed E-state index contributed by atoms with van der Waals surface area (Å²) in [6, 6.07) is 22.1. The number of hydrogen-bond donors (Lipinski definition) is 2. The molecule has 2 N–H and O–H groups in total. The Morgan fingerprint density at radius 2 is 1.82 bits per heavy atom. The van der Waals surface area contributed by atoms with Crippen molar-refractivity contribution in [2.45, 2.75) is 31.7 Å². The van der Waals surface area contributed by atoms with Gasteiger partial charge < -0.3 is 19.9 Å². The second kappa shape index (κ2) is 9.31. The number of H-pyrrole nitrogens is 1. The molecule has 1 saturated heterocycles. The number of imide groups is 1. The molecule has 8 heteroatoms. The molecule has 39 heavy (non-hydrogen) atoms. The van der Waals surface area contributed by atoms with Crippen LogP contribution in [0.25, 0.3) is 10.9 Å². The second-order valence-corrected chi connectivity index (χ2v) is 10.3. The van der Waals surface area contributed by atoms with Crippen LogP contribution in [0.1, 0.15) is 46.9 Å². The lowest BCUT2D eigenvalue weighted by Crippen LogP contribution is -2.49. The van der Waals surface area contributed by atoms with E-state index in [0.29, 0.717) is 25.2 Å². The smallest absolute Gasteiger partial charge is 0.332 e. The third-order valence-electron chi connectivity index (χ3n) is 8.09. The number of rotatable bonds is 6. The zero-order chi connectivity index (χ0) is 27.3. The van der Waals surface area contributed by atoms with E-state index in [0.717, 1.165) is 32.7 Å². The lowest BCUT2D eigenvalue weighted by Gasteiger charge is -2.35. The summed E-state index contributed by atoms with van der Waals surface area (Å²) in [5.74, 6) is 0.116.